The van der Waals surface area contributed by atoms with Gasteiger partial charge in [0.15, 0.2) is 5.65 Å². The van der Waals surface area contributed by atoms with Crippen LogP contribution in [0.4, 0.5) is 11.5 Å². The Morgan fingerprint density at radius 1 is 0.972 bits per heavy atom. The van der Waals surface area contributed by atoms with E-state index >= 15 is 0 Å². The molecule has 2 heterocycles. The first-order chi connectivity index (χ1) is 17.6. The zero-order valence-corrected chi connectivity index (χ0v) is 22.0. The molecule has 0 radical (unpaired) electrons. The molecule has 7 heteroatoms. The van der Waals surface area contributed by atoms with Gasteiger partial charge in [-0.2, -0.15) is 9.61 Å². The fraction of sp³-hybridized carbons (Fsp3) is 0.241. The Kier molecular flexibility index (Phi) is 7.49. The van der Waals surface area contributed by atoms with Crippen LogP contribution >= 0.6 is 15.9 Å². The van der Waals surface area contributed by atoms with Crippen LogP contribution in [0, 0.1) is 0 Å². The number of anilines is 2. The molecule has 5 rings (SSSR count). The van der Waals surface area contributed by atoms with Crippen LogP contribution in [0.1, 0.15) is 31.7 Å². The molecule has 0 spiro atoms. The lowest BCUT2D eigenvalue weighted by Crippen LogP contribution is -2.27. The molecule has 0 bridgehead atoms. The highest BCUT2D eigenvalue weighted by Crippen LogP contribution is 2.29. The predicted octanol–water partition coefficient (Wildman–Crippen LogP) is 6.65. The molecule has 1 atom stereocenters. The van der Waals surface area contributed by atoms with Crippen molar-refractivity contribution in [3.63, 3.8) is 0 Å². The lowest BCUT2D eigenvalue weighted by Gasteiger charge is -2.21. The van der Waals surface area contributed by atoms with Crippen LogP contribution in [0.15, 0.2) is 83.5 Å². The van der Waals surface area contributed by atoms with E-state index in [1.165, 1.54) is 16.3 Å². The summed E-state index contributed by atoms with van der Waals surface area (Å²) in [6.07, 6.45) is 4.94. The maximum absolute atomic E-state index is 6.27. The summed E-state index contributed by atoms with van der Waals surface area (Å²) in [6.45, 7) is 3.99. The first kappa shape index (κ1) is 24.3. The Morgan fingerprint density at radius 2 is 1.78 bits per heavy atom. The Morgan fingerprint density at radius 3 is 2.61 bits per heavy atom. The molecule has 0 aliphatic rings. The number of aromatic nitrogens is 3. The number of benzene rings is 3. The van der Waals surface area contributed by atoms with E-state index in [0.29, 0.717) is 11.7 Å². The molecule has 36 heavy (non-hydrogen) atoms. The van der Waals surface area contributed by atoms with Crippen molar-refractivity contribution in [2.24, 2.45) is 0 Å². The van der Waals surface area contributed by atoms with Crippen LogP contribution in [0.3, 0.4) is 0 Å². The molecule has 3 aromatic carbocycles. The topological polar surface area (TPSA) is 80.3 Å². The van der Waals surface area contributed by atoms with Crippen molar-refractivity contribution >= 4 is 43.9 Å². The number of fused-ring (bicyclic) bond motifs is 2. The predicted molar refractivity (Wildman–Crippen MR) is 153 cm³/mol. The van der Waals surface area contributed by atoms with Crippen LogP contribution in [0.25, 0.3) is 27.7 Å². The fourth-order valence-corrected chi connectivity index (χ4v) is 4.96. The lowest BCUT2D eigenvalue weighted by molar-refractivity contribution is 0.549. The first-order valence-electron chi connectivity index (χ1n) is 12.5. The Bertz CT molecular complexity index is 1480. The smallest absolute Gasteiger partial charge is 0.172 e. The highest BCUT2D eigenvalue weighted by Gasteiger charge is 2.16. The van der Waals surface area contributed by atoms with Gasteiger partial charge in [-0.1, -0.05) is 67.9 Å². The van der Waals surface area contributed by atoms with E-state index in [1.807, 2.05) is 34.8 Å². The monoisotopic (exact) mass is 542 g/mol. The molecule has 0 aliphatic heterocycles. The zero-order chi connectivity index (χ0) is 24.9. The number of nitrogens with two attached hydrogens (primary N) is 1. The maximum Gasteiger partial charge on any atom is 0.172 e. The molecular formula is C29H31BrN6. The van der Waals surface area contributed by atoms with Crippen LogP contribution in [-0.4, -0.2) is 27.2 Å². The molecule has 0 saturated heterocycles. The number of nitrogens with one attached hydrogen (secondary N) is 2. The van der Waals surface area contributed by atoms with Crippen molar-refractivity contribution in [2.75, 3.05) is 17.6 Å². The van der Waals surface area contributed by atoms with Gasteiger partial charge in [0.25, 0.3) is 0 Å². The first-order valence-corrected chi connectivity index (χ1v) is 13.3. The summed E-state index contributed by atoms with van der Waals surface area (Å²) in [7, 11) is 0. The van der Waals surface area contributed by atoms with Gasteiger partial charge in [-0.05, 0) is 63.8 Å². The highest BCUT2D eigenvalue weighted by molar-refractivity contribution is 9.10. The SMILES string of the molecule is CCCC(CCNCc1ccc2ccccc2c1)Nc1cc(-c2ccccc2N)nc2c(Br)cnn12. The quantitative estimate of drug-likeness (QED) is 0.136. The summed E-state index contributed by atoms with van der Waals surface area (Å²) in [6, 6.07) is 25.3. The largest absolute Gasteiger partial charge is 0.398 e. The van der Waals surface area contributed by atoms with Gasteiger partial charge in [-0.3, -0.25) is 0 Å². The third kappa shape index (κ3) is 5.37. The molecular weight excluding hydrogens is 512 g/mol. The van der Waals surface area contributed by atoms with Crippen molar-refractivity contribution in [2.45, 2.75) is 38.8 Å². The number of hydrogen-bond acceptors (Lipinski definition) is 5. The van der Waals surface area contributed by atoms with Crippen LogP contribution in [-0.2, 0) is 6.54 Å². The van der Waals surface area contributed by atoms with E-state index in [1.54, 1.807) is 6.20 Å². The molecule has 0 aliphatic carbocycles. The van der Waals surface area contributed by atoms with Crippen molar-refractivity contribution in [3.8, 4) is 11.3 Å². The number of halogens is 1. The third-order valence-electron chi connectivity index (χ3n) is 6.47. The highest BCUT2D eigenvalue weighted by atomic mass is 79.9. The summed E-state index contributed by atoms with van der Waals surface area (Å²) in [5, 5.41) is 14.5. The summed E-state index contributed by atoms with van der Waals surface area (Å²) in [4.78, 5) is 4.83. The van der Waals surface area contributed by atoms with E-state index in [2.05, 4.69) is 81.1 Å². The number of rotatable bonds is 10. The van der Waals surface area contributed by atoms with Crippen molar-refractivity contribution < 1.29 is 0 Å². The second-order valence-corrected chi connectivity index (χ2v) is 9.97. The van der Waals surface area contributed by atoms with E-state index in [9.17, 15) is 0 Å². The number of nitrogen functional groups attached to an aromatic ring is 1. The maximum atomic E-state index is 6.27. The standard InChI is InChI=1S/C29H31BrN6/c1-2-7-23(14-15-32-18-20-12-13-21-8-3-4-9-22(21)16-20)34-28-17-27(24-10-5-6-11-26(24)31)35-29-25(30)19-33-36(28)29/h3-6,8-13,16-17,19,23,32,34H,2,7,14-15,18,31H2,1H3. The number of nitrogens with zero attached hydrogens (tertiary/aromatic N) is 3. The molecule has 1 unspecified atom stereocenters. The van der Waals surface area contributed by atoms with Crippen LogP contribution < -0.4 is 16.4 Å². The number of para-hydroxylation sites is 1. The van der Waals surface area contributed by atoms with Crippen LogP contribution in [0.5, 0.6) is 0 Å². The van der Waals surface area contributed by atoms with Gasteiger partial charge in [0.05, 0.1) is 16.4 Å². The minimum absolute atomic E-state index is 0.300. The van der Waals surface area contributed by atoms with E-state index in [-0.39, 0.29) is 0 Å². The van der Waals surface area contributed by atoms with Gasteiger partial charge in [0.1, 0.15) is 5.82 Å². The van der Waals surface area contributed by atoms with Gasteiger partial charge in [-0.25, -0.2) is 4.98 Å². The minimum atomic E-state index is 0.300. The molecule has 2 aromatic heterocycles. The molecule has 0 amide bonds. The Hall–Kier alpha value is -3.42. The molecule has 0 saturated carbocycles. The summed E-state index contributed by atoms with van der Waals surface area (Å²) in [5.74, 6) is 0.914. The summed E-state index contributed by atoms with van der Waals surface area (Å²) in [5.41, 5.74) is 10.8. The summed E-state index contributed by atoms with van der Waals surface area (Å²) < 4.78 is 2.71. The van der Waals surface area contributed by atoms with Crippen LogP contribution in [0.2, 0.25) is 0 Å². The number of hydrogen-bond donors (Lipinski definition) is 3. The molecule has 5 aromatic rings. The fourth-order valence-electron chi connectivity index (χ4n) is 4.61. The Labute approximate surface area is 220 Å². The van der Waals surface area contributed by atoms with E-state index in [4.69, 9.17) is 10.7 Å². The summed E-state index contributed by atoms with van der Waals surface area (Å²) >= 11 is 3.60. The zero-order valence-electron chi connectivity index (χ0n) is 20.4. The molecule has 0 fully saturated rings. The van der Waals surface area contributed by atoms with E-state index < -0.39 is 0 Å². The third-order valence-corrected chi connectivity index (χ3v) is 7.03. The second kappa shape index (κ2) is 11.1. The normalized spacial score (nSPS) is 12.3. The van der Waals surface area contributed by atoms with E-state index in [0.717, 1.165) is 59.5 Å². The van der Waals surface area contributed by atoms with Crippen molar-refractivity contribution in [1.29, 1.82) is 0 Å². The van der Waals surface area contributed by atoms with Crippen molar-refractivity contribution in [3.05, 3.63) is 89.0 Å². The minimum Gasteiger partial charge on any atom is -0.398 e. The molecule has 4 N–H and O–H groups in total. The van der Waals surface area contributed by atoms with Gasteiger partial charge >= 0.3 is 0 Å². The van der Waals surface area contributed by atoms with Gasteiger partial charge in [0, 0.05) is 29.9 Å². The van der Waals surface area contributed by atoms with Crippen molar-refractivity contribution in [1.82, 2.24) is 19.9 Å². The molecule has 6 nitrogen and oxygen atoms in total. The van der Waals surface area contributed by atoms with Gasteiger partial charge in [-0.15, -0.1) is 0 Å². The molecule has 184 valence electrons. The lowest BCUT2D eigenvalue weighted by atomic mass is 10.1. The average molecular weight is 544 g/mol. The van der Waals surface area contributed by atoms with Gasteiger partial charge < -0.3 is 16.4 Å². The van der Waals surface area contributed by atoms with Gasteiger partial charge in [0.2, 0.25) is 0 Å². The Balaban J connectivity index is 1.30. The average Bonchev–Trinajstić information content (AvgIpc) is 3.27. The second-order valence-electron chi connectivity index (χ2n) is 9.12.